The second kappa shape index (κ2) is 8.53. The van der Waals surface area contributed by atoms with Crippen molar-refractivity contribution in [3.8, 4) is 5.69 Å². The van der Waals surface area contributed by atoms with Gasteiger partial charge in [-0.25, -0.2) is 9.67 Å². The number of likely N-dealkylation sites (tertiary alicyclic amines) is 1. The number of hydrogen-bond donors (Lipinski definition) is 1. The van der Waals surface area contributed by atoms with Crippen molar-refractivity contribution in [1.82, 2.24) is 24.2 Å². The smallest absolute Gasteiger partial charge is 0.264 e. The molecule has 34 heavy (non-hydrogen) atoms. The number of para-hydroxylation sites is 1. The molecule has 0 unspecified atom stereocenters. The molecule has 1 saturated heterocycles. The van der Waals surface area contributed by atoms with Crippen molar-refractivity contribution in [2.75, 3.05) is 13.1 Å². The molecule has 1 amide bonds. The third-order valence-corrected chi connectivity index (χ3v) is 6.47. The highest BCUT2D eigenvalue weighted by atomic mass is 16.3. The number of carbonyl (C=O) groups excluding carboxylic acids is 1. The van der Waals surface area contributed by atoms with Gasteiger partial charge < -0.3 is 10.0 Å². The van der Waals surface area contributed by atoms with Gasteiger partial charge in [-0.2, -0.15) is 5.10 Å². The van der Waals surface area contributed by atoms with Crippen LogP contribution in [0.15, 0.2) is 65.8 Å². The Labute approximate surface area is 197 Å². The number of aryl methyl sites for hydroxylation is 2. The summed E-state index contributed by atoms with van der Waals surface area (Å²) in [5.41, 5.74) is 2.74. The molecule has 5 rings (SSSR count). The third kappa shape index (κ3) is 4.12. The molecule has 0 atom stereocenters. The van der Waals surface area contributed by atoms with E-state index in [1.807, 2.05) is 62.4 Å². The molecule has 8 nitrogen and oxygen atoms in total. The highest BCUT2D eigenvalue weighted by Crippen LogP contribution is 2.25. The first kappa shape index (κ1) is 22.0. The zero-order valence-electron chi connectivity index (χ0n) is 19.3. The summed E-state index contributed by atoms with van der Waals surface area (Å²) < 4.78 is 3.08. The number of fused-ring (bicyclic) bond motifs is 1. The lowest BCUT2D eigenvalue weighted by Gasteiger charge is -2.38. The van der Waals surface area contributed by atoms with Gasteiger partial charge in [0.15, 0.2) is 5.65 Å². The van der Waals surface area contributed by atoms with Crippen LogP contribution in [0.2, 0.25) is 0 Å². The van der Waals surface area contributed by atoms with Crippen molar-refractivity contribution < 1.29 is 9.90 Å². The van der Waals surface area contributed by atoms with Crippen LogP contribution in [0.5, 0.6) is 0 Å². The number of carbonyl (C=O) groups is 1. The van der Waals surface area contributed by atoms with Crippen molar-refractivity contribution in [3.05, 3.63) is 88.1 Å². The highest BCUT2D eigenvalue weighted by molar-refractivity contribution is 5.94. The van der Waals surface area contributed by atoms with Crippen LogP contribution < -0.4 is 5.56 Å². The van der Waals surface area contributed by atoms with Crippen LogP contribution in [0.3, 0.4) is 0 Å². The summed E-state index contributed by atoms with van der Waals surface area (Å²) in [5, 5.41) is 16.0. The molecule has 1 aliphatic heterocycles. The maximum absolute atomic E-state index is 13.1. The average molecular weight is 458 g/mol. The van der Waals surface area contributed by atoms with E-state index in [1.54, 1.807) is 9.58 Å². The third-order valence-electron chi connectivity index (χ3n) is 6.47. The Bertz CT molecular complexity index is 1400. The molecule has 174 valence electrons. The molecule has 0 spiro atoms. The number of aromatic nitrogens is 4. The summed E-state index contributed by atoms with van der Waals surface area (Å²) in [6.07, 6.45) is 3.76. The average Bonchev–Trinajstić information content (AvgIpc) is 3.26. The summed E-state index contributed by atoms with van der Waals surface area (Å²) in [6.45, 7) is 4.93. The fraction of sp³-hybridized carbons (Fsp3) is 0.308. The van der Waals surface area contributed by atoms with E-state index in [1.165, 1.54) is 17.1 Å². The van der Waals surface area contributed by atoms with E-state index in [4.69, 9.17) is 0 Å². The first-order chi connectivity index (χ1) is 16.3. The molecule has 1 fully saturated rings. The Kier molecular flexibility index (Phi) is 5.53. The fourth-order valence-electron chi connectivity index (χ4n) is 4.70. The molecule has 2 aromatic heterocycles. The Balaban J connectivity index is 1.32. The maximum Gasteiger partial charge on any atom is 0.264 e. The van der Waals surface area contributed by atoms with Gasteiger partial charge in [0.25, 0.3) is 11.5 Å². The first-order valence-electron chi connectivity index (χ1n) is 11.4. The Morgan fingerprint density at radius 2 is 1.74 bits per heavy atom. The van der Waals surface area contributed by atoms with Gasteiger partial charge in [-0.1, -0.05) is 35.4 Å². The van der Waals surface area contributed by atoms with Gasteiger partial charge >= 0.3 is 0 Å². The lowest BCUT2D eigenvalue weighted by atomic mass is 9.90. The standard InChI is InChI=1S/C26H27N5O3/c1-18-12-19(2)14-20(13-18)24(32)29-10-8-26(34,9-11-29)16-30-17-27-23-22(25(30)33)15-28-31(23)21-6-4-3-5-7-21/h3-7,12-15,17,34H,8-11,16H2,1-2H3. The molecule has 2 aromatic carbocycles. The number of benzene rings is 2. The molecule has 3 heterocycles. The van der Waals surface area contributed by atoms with Gasteiger partial charge in [0, 0.05) is 18.7 Å². The van der Waals surface area contributed by atoms with Crippen molar-refractivity contribution in [1.29, 1.82) is 0 Å². The van der Waals surface area contributed by atoms with Gasteiger partial charge in [-0.05, 0) is 51.0 Å². The number of nitrogens with zero attached hydrogens (tertiary/aromatic N) is 5. The second-order valence-electron chi connectivity index (χ2n) is 9.20. The quantitative estimate of drug-likeness (QED) is 0.509. The summed E-state index contributed by atoms with van der Waals surface area (Å²) in [4.78, 5) is 32.3. The van der Waals surface area contributed by atoms with Crippen LogP contribution >= 0.6 is 0 Å². The summed E-state index contributed by atoms with van der Waals surface area (Å²) in [7, 11) is 0. The predicted molar refractivity (Wildman–Crippen MR) is 129 cm³/mol. The Hall–Kier alpha value is -3.78. The summed E-state index contributed by atoms with van der Waals surface area (Å²) in [5.74, 6) is -0.0255. The van der Waals surface area contributed by atoms with E-state index in [0.29, 0.717) is 42.5 Å². The monoisotopic (exact) mass is 457 g/mol. The molecule has 8 heteroatoms. The van der Waals surface area contributed by atoms with Gasteiger partial charge in [-0.3, -0.25) is 14.2 Å². The summed E-state index contributed by atoms with van der Waals surface area (Å²) >= 11 is 0. The fourth-order valence-corrected chi connectivity index (χ4v) is 4.70. The van der Waals surface area contributed by atoms with Crippen molar-refractivity contribution in [2.24, 2.45) is 0 Å². The van der Waals surface area contributed by atoms with Crippen LogP contribution in [-0.4, -0.2) is 53.9 Å². The van der Waals surface area contributed by atoms with Crippen LogP contribution in [0.1, 0.15) is 34.3 Å². The van der Waals surface area contributed by atoms with Gasteiger partial charge in [0.1, 0.15) is 11.7 Å². The number of hydrogen-bond acceptors (Lipinski definition) is 5. The van der Waals surface area contributed by atoms with Crippen LogP contribution in [0, 0.1) is 13.8 Å². The molecule has 1 N–H and O–H groups in total. The first-order valence-corrected chi connectivity index (χ1v) is 11.4. The largest absolute Gasteiger partial charge is 0.388 e. The lowest BCUT2D eigenvalue weighted by Crippen LogP contribution is -2.49. The van der Waals surface area contributed by atoms with E-state index >= 15 is 0 Å². The van der Waals surface area contributed by atoms with Gasteiger partial charge in [0.2, 0.25) is 0 Å². The molecule has 4 aromatic rings. The zero-order valence-corrected chi connectivity index (χ0v) is 19.3. The second-order valence-corrected chi connectivity index (χ2v) is 9.20. The highest BCUT2D eigenvalue weighted by Gasteiger charge is 2.35. The normalized spacial score (nSPS) is 15.6. The molecule has 0 aliphatic carbocycles. The van der Waals surface area contributed by atoms with E-state index in [9.17, 15) is 14.7 Å². The van der Waals surface area contributed by atoms with Crippen molar-refractivity contribution >= 4 is 16.9 Å². The number of aliphatic hydroxyl groups is 1. The van der Waals surface area contributed by atoms with Crippen LogP contribution in [0.4, 0.5) is 0 Å². The molecule has 1 aliphatic rings. The Morgan fingerprint density at radius 3 is 2.41 bits per heavy atom. The summed E-state index contributed by atoms with van der Waals surface area (Å²) in [6, 6.07) is 15.3. The van der Waals surface area contributed by atoms with Gasteiger partial charge in [-0.15, -0.1) is 0 Å². The minimum absolute atomic E-state index is 0.0255. The number of rotatable bonds is 4. The zero-order chi connectivity index (χ0) is 23.9. The topological polar surface area (TPSA) is 93.2 Å². The SMILES string of the molecule is Cc1cc(C)cc(C(=O)N2CCC(O)(Cn3cnc4c(cnn4-c4ccccc4)c3=O)CC2)c1. The Morgan fingerprint density at radius 1 is 1.06 bits per heavy atom. The maximum atomic E-state index is 13.1. The van der Waals surface area contributed by atoms with E-state index in [-0.39, 0.29) is 18.0 Å². The molecule has 0 saturated carbocycles. The van der Waals surface area contributed by atoms with E-state index in [0.717, 1.165) is 16.8 Å². The minimum Gasteiger partial charge on any atom is -0.388 e. The molecule has 0 bridgehead atoms. The van der Waals surface area contributed by atoms with E-state index in [2.05, 4.69) is 10.1 Å². The van der Waals surface area contributed by atoms with Crippen LogP contribution in [0.25, 0.3) is 16.7 Å². The lowest BCUT2D eigenvalue weighted by molar-refractivity contribution is -0.0299. The number of amides is 1. The predicted octanol–water partition coefficient (Wildman–Crippen LogP) is 2.87. The number of piperidine rings is 1. The molecular formula is C26H27N5O3. The molecule has 0 radical (unpaired) electrons. The van der Waals surface area contributed by atoms with Crippen molar-refractivity contribution in [2.45, 2.75) is 38.8 Å². The molecular weight excluding hydrogens is 430 g/mol. The van der Waals surface area contributed by atoms with Crippen molar-refractivity contribution in [3.63, 3.8) is 0 Å². The van der Waals surface area contributed by atoms with Gasteiger partial charge in [0.05, 0.1) is 24.0 Å². The minimum atomic E-state index is -1.09. The van der Waals surface area contributed by atoms with Crippen LogP contribution in [-0.2, 0) is 6.54 Å². The van der Waals surface area contributed by atoms with E-state index < -0.39 is 5.60 Å².